The van der Waals surface area contributed by atoms with Gasteiger partial charge in [-0.1, -0.05) is 0 Å². The molecule has 3 amide bonds. The highest BCUT2D eigenvalue weighted by Gasteiger charge is 2.37. The zero-order valence-corrected chi connectivity index (χ0v) is 17.4. The molecule has 1 unspecified atom stereocenters. The van der Waals surface area contributed by atoms with E-state index in [2.05, 4.69) is 5.32 Å². The molecule has 0 bridgehead atoms. The van der Waals surface area contributed by atoms with E-state index in [1.807, 2.05) is 6.92 Å². The molecular formula is C22H24ClN3O4. The van der Waals surface area contributed by atoms with Crippen molar-refractivity contribution in [3.8, 4) is 5.75 Å². The fraction of sp³-hybridized carbons (Fsp3) is 0.318. The largest absolute Gasteiger partial charge is 0.494 e. The van der Waals surface area contributed by atoms with E-state index in [9.17, 15) is 14.4 Å². The number of carbonyl (C=O) groups is 3. The summed E-state index contributed by atoms with van der Waals surface area (Å²) in [6.45, 7) is 2.81. The van der Waals surface area contributed by atoms with Gasteiger partial charge in [-0.15, -0.1) is 12.4 Å². The smallest absolute Gasteiger partial charge is 0.266 e. The topological polar surface area (TPSA) is 102 Å². The molecule has 3 N–H and O–H groups in total. The maximum Gasteiger partial charge on any atom is 0.266 e. The second-order valence-electron chi connectivity index (χ2n) is 7.34. The van der Waals surface area contributed by atoms with Crippen LogP contribution in [0.3, 0.4) is 0 Å². The molecule has 2 aromatic carbocycles. The number of halogens is 1. The van der Waals surface area contributed by atoms with E-state index in [1.54, 1.807) is 30.3 Å². The van der Waals surface area contributed by atoms with Crippen molar-refractivity contribution in [1.82, 2.24) is 5.32 Å². The van der Waals surface area contributed by atoms with Crippen LogP contribution in [0, 0.1) is 5.92 Å². The zero-order valence-electron chi connectivity index (χ0n) is 16.6. The average molecular weight is 430 g/mol. The molecule has 0 saturated heterocycles. The minimum Gasteiger partial charge on any atom is -0.494 e. The third kappa shape index (κ3) is 4.17. The normalized spacial score (nSPS) is 16.0. The number of nitrogens with two attached hydrogens (primary N) is 1. The van der Waals surface area contributed by atoms with Gasteiger partial charge in [0.15, 0.2) is 0 Å². The molecule has 8 heteroatoms. The van der Waals surface area contributed by atoms with E-state index >= 15 is 0 Å². The second-order valence-corrected chi connectivity index (χ2v) is 7.34. The van der Waals surface area contributed by atoms with Gasteiger partial charge < -0.3 is 15.8 Å². The summed E-state index contributed by atoms with van der Waals surface area (Å²) in [7, 11) is 0. The quantitative estimate of drug-likeness (QED) is 0.659. The van der Waals surface area contributed by atoms with E-state index in [0.29, 0.717) is 36.1 Å². The Labute approximate surface area is 181 Å². The number of ether oxygens (including phenoxy) is 1. The maximum atomic E-state index is 12.9. The van der Waals surface area contributed by atoms with Crippen LogP contribution in [0.5, 0.6) is 5.75 Å². The number of anilines is 1. The molecule has 0 aromatic heterocycles. The minimum atomic E-state index is -0.446. The van der Waals surface area contributed by atoms with Gasteiger partial charge >= 0.3 is 0 Å². The molecule has 7 nitrogen and oxygen atoms in total. The van der Waals surface area contributed by atoms with Crippen molar-refractivity contribution in [2.24, 2.45) is 11.7 Å². The fourth-order valence-corrected chi connectivity index (χ4v) is 3.48. The highest BCUT2D eigenvalue weighted by atomic mass is 35.5. The van der Waals surface area contributed by atoms with Crippen molar-refractivity contribution in [2.45, 2.75) is 25.8 Å². The van der Waals surface area contributed by atoms with Crippen LogP contribution in [0.2, 0.25) is 0 Å². The van der Waals surface area contributed by atoms with Crippen LogP contribution in [0.4, 0.5) is 5.69 Å². The summed E-state index contributed by atoms with van der Waals surface area (Å²) in [5.41, 5.74) is 7.32. The Kier molecular flexibility index (Phi) is 6.43. The van der Waals surface area contributed by atoms with Gasteiger partial charge in [-0.05, 0) is 68.1 Å². The second kappa shape index (κ2) is 8.85. The van der Waals surface area contributed by atoms with E-state index in [1.165, 1.54) is 12.1 Å². The number of carbonyl (C=O) groups excluding carboxylic acids is 3. The Morgan fingerprint density at radius 2 is 1.80 bits per heavy atom. The first-order valence-electron chi connectivity index (χ1n) is 9.79. The molecule has 2 aliphatic rings. The van der Waals surface area contributed by atoms with Gasteiger partial charge in [0.2, 0.25) is 0 Å². The number of benzene rings is 2. The summed E-state index contributed by atoms with van der Waals surface area (Å²) >= 11 is 0. The highest BCUT2D eigenvalue weighted by Crippen LogP contribution is 2.32. The van der Waals surface area contributed by atoms with Gasteiger partial charge in [-0.2, -0.15) is 0 Å². The molecule has 1 atom stereocenters. The number of rotatable bonds is 7. The third-order valence-electron chi connectivity index (χ3n) is 5.28. The van der Waals surface area contributed by atoms with Crippen molar-refractivity contribution in [1.29, 1.82) is 0 Å². The summed E-state index contributed by atoms with van der Waals surface area (Å²) in [4.78, 5) is 39.2. The van der Waals surface area contributed by atoms with E-state index in [-0.39, 0.29) is 35.5 Å². The Bertz CT molecular complexity index is 973. The van der Waals surface area contributed by atoms with Gasteiger partial charge in [0, 0.05) is 18.2 Å². The first kappa shape index (κ1) is 21.8. The van der Waals surface area contributed by atoms with Crippen LogP contribution in [-0.2, 0) is 0 Å². The van der Waals surface area contributed by atoms with Crippen molar-refractivity contribution >= 4 is 35.8 Å². The molecule has 158 valence electrons. The lowest BCUT2D eigenvalue weighted by atomic mass is 10.1. The van der Waals surface area contributed by atoms with Gasteiger partial charge in [0.05, 0.1) is 23.4 Å². The summed E-state index contributed by atoms with van der Waals surface area (Å²) < 4.78 is 5.40. The van der Waals surface area contributed by atoms with Crippen molar-refractivity contribution in [2.75, 3.05) is 18.1 Å². The summed E-state index contributed by atoms with van der Waals surface area (Å²) in [6.07, 6.45) is 2.21. The fourth-order valence-electron chi connectivity index (χ4n) is 3.48. The Morgan fingerprint density at radius 1 is 1.13 bits per heavy atom. The molecule has 4 rings (SSSR count). The molecular weight excluding hydrogens is 406 g/mol. The molecule has 1 fully saturated rings. The van der Waals surface area contributed by atoms with Crippen LogP contribution in [0.1, 0.15) is 50.8 Å². The number of fused-ring (bicyclic) bond motifs is 1. The van der Waals surface area contributed by atoms with E-state index in [0.717, 1.165) is 17.7 Å². The van der Waals surface area contributed by atoms with Crippen LogP contribution in [0.25, 0.3) is 0 Å². The number of amides is 3. The van der Waals surface area contributed by atoms with Gasteiger partial charge in [-0.3, -0.25) is 14.4 Å². The SMILES string of the molecule is CCOc1ccc(N2C(=O)c3ccc(C(=O)NCC(N)C4CC4)cc3C2=O)cc1.Cl. The van der Waals surface area contributed by atoms with Crippen molar-refractivity contribution < 1.29 is 19.1 Å². The number of nitrogens with zero attached hydrogens (tertiary/aromatic N) is 1. The first-order chi connectivity index (χ1) is 14.0. The summed E-state index contributed by atoms with van der Waals surface area (Å²) in [5, 5.41) is 2.81. The predicted octanol–water partition coefficient (Wildman–Crippen LogP) is 2.77. The molecule has 0 spiro atoms. The van der Waals surface area contributed by atoms with Gasteiger partial charge in [-0.25, -0.2) is 4.90 Å². The van der Waals surface area contributed by atoms with E-state index < -0.39 is 11.8 Å². The maximum absolute atomic E-state index is 12.9. The average Bonchev–Trinajstić information content (AvgIpc) is 3.55. The van der Waals surface area contributed by atoms with Gasteiger partial charge in [0.25, 0.3) is 17.7 Å². The molecule has 2 aromatic rings. The van der Waals surface area contributed by atoms with Crippen LogP contribution < -0.4 is 20.7 Å². The molecule has 30 heavy (non-hydrogen) atoms. The lowest BCUT2D eigenvalue weighted by molar-refractivity contribution is 0.0923. The zero-order chi connectivity index (χ0) is 20.5. The van der Waals surface area contributed by atoms with Crippen molar-refractivity contribution in [3.05, 3.63) is 59.2 Å². The Hall–Kier alpha value is -2.90. The molecule has 1 heterocycles. The van der Waals surface area contributed by atoms with Crippen LogP contribution in [0.15, 0.2) is 42.5 Å². The monoisotopic (exact) mass is 429 g/mol. The molecule has 1 saturated carbocycles. The minimum absolute atomic E-state index is 0. The number of hydrogen-bond donors (Lipinski definition) is 2. The molecule has 0 radical (unpaired) electrons. The van der Waals surface area contributed by atoms with Crippen LogP contribution in [-0.4, -0.2) is 36.9 Å². The number of hydrogen-bond acceptors (Lipinski definition) is 5. The molecule has 1 aliphatic heterocycles. The van der Waals surface area contributed by atoms with Crippen LogP contribution >= 0.6 is 12.4 Å². The third-order valence-corrected chi connectivity index (χ3v) is 5.28. The highest BCUT2D eigenvalue weighted by molar-refractivity contribution is 6.34. The first-order valence-corrected chi connectivity index (χ1v) is 9.79. The lowest BCUT2D eigenvalue weighted by Crippen LogP contribution is -2.38. The lowest BCUT2D eigenvalue weighted by Gasteiger charge is -2.14. The number of nitrogens with one attached hydrogen (secondary N) is 1. The van der Waals surface area contributed by atoms with Crippen molar-refractivity contribution in [3.63, 3.8) is 0 Å². The molecule has 1 aliphatic carbocycles. The van der Waals surface area contributed by atoms with Gasteiger partial charge in [0.1, 0.15) is 5.75 Å². The Balaban J connectivity index is 0.00000256. The summed E-state index contributed by atoms with van der Waals surface area (Å²) in [5.74, 6) is -0.00699. The predicted molar refractivity (Wildman–Crippen MR) is 115 cm³/mol. The number of imide groups is 1. The standard InChI is InChI=1S/C22H23N3O4.ClH/c1-2-29-16-8-6-15(7-9-16)25-21(27)17-10-5-14(11-18(17)22(25)28)20(26)24-12-19(23)13-3-4-13;/h5-11,13,19H,2-4,12,23H2,1H3,(H,24,26);1H. The Morgan fingerprint density at radius 3 is 2.43 bits per heavy atom. The van der Waals surface area contributed by atoms with E-state index in [4.69, 9.17) is 10.5 Å². The summed E-state index contributed by atoms with van der Waals surface area (Å²) in [6, 6.07) is 11.3.